The van der Waals surface area contributed by atoms with Gasteiger partial charge in [0.25, 0.3) is 0 Å². The number of ether oxygens (including phenoxy) is 1. The van der Waals surface area contributed by atoms with Gasteiger partial charge in [-0.2, -0.15) is 0 Å². The first-order chi connectivity index (χ1) is 7.77. The van der Waals surface area contributed by atoms with E-state index >= 15 is 0 Å². The molecule has 0 aliphatic heterocycles. The van der Waals surface area contributed by atoms with Crippen molar-refractivity contribution in [1.29, 1.82) is 0 Å². The summed E-state index contributed by atoms with van der Waals surface area (Å²) in [4.78, 5) is 11.5. The van der Waals surface area contributed by atoms with Gasteiger partial charge in [0, 0.05) is 6.42 Å². The van der Waals surface area contributed by atoms with Gasteiger partial charge in [0.2, 0.25) is 0 Å². The molecule has 1 fully saturated rings. The molecule has 0 amide bonds. The fourth-order valence-corrected chi connectivity index (χ4v) is 2.33. The van der Waals surface area contributed by atoms with E-state index in [9.17, 15) is 4.79 Å². The third kappa shape index (κ3) is 4.38. The lowest BCUT2D eigenvalue weighted by Gasteiger charge is -2.27. The molecule has 0 saturated heterocycles. The minimum Gasteiger partial charge on any atom is -0.458 e. The van der Waals surface area contributed by atoms with E-state index in [-0.39, 0.29) is 12.1 Å². The number of hydrogen-bond acceptors (Lipinski definition) is 2. The molecular formula is C14H24O2. The summed E-state index contributed by atoms with van der Waals surface area (Å²) < 4.78 is 5.48. The van der Waals surface area contributed by atoms with Crippen molar-refractivity contribution < 1.29 is 9.53 Å². The molecule has 0 unspecified atom stereocenters. The molecule has 16 heavy (non-hydrogen) atoms. The van der Waals surface area contributed by atoms with Crippen LogP contribution in [0.1, 0.15) is 58.3 Å². The van der Waals surface area contributed by atoms with Gasteiger partial charge in [-0.3, -0.25) is 4.79 Å². The van der Waals surface area contributed by atoms with Crippen LogP contribution in [-0.2, 0) is 9.53 Å². The van der Waals surface area contributed by atoms with E-state index in [1.54, 1.807) is 6.08 Å². The SMILES string of the molecule is C=C[C@@H](OC(=O)CCCC)C1CCCCC1. The van der Waals surface area contributed by atoms with E-state index in [0.717, 1.165) is 12.8 Å². The van der Waals surface area contributed by atoms with Crippen molar-refractivity contribution in [2.45, 2.75) is 64.4 Å². The predicted octanol–water partition coefficient (Wildman–Crippen LogP) is 3.85. The molecule has 1 atom stereocenters. The molecule has 92 valence electrons. The van der Waals surface area contributed by atoms with Crippen LogP contribution in [-0.4, -0.2) is 12.1 Å². The molecule has 0 aromatic carbocycles. The number of carbonyl (C=O) groups is 1. The molecule has 0 N–H and O–H groups in total. The van der Waals surface area contributed by atoms with Crippen LogP contribution in [0.25, 0.3) is 0 Å². The highest BCUT2D eigenvalue weighted by Crippen LogP contribution is 2.28. The Morgan fingerprint density at radius 3 is 2.69 bits per heavy atom. The van der Waals surface area contributed by atoms with Crippen molar-refractivity contribution in [3.05, 3.63) is 12.7 Å². The molecule has 0 radical (unpaired) electrons. The third-order valence-electron chi connectivity index (χ3n) is 3.35. The average molecular weight is 224 g/mol. The quantitative estimate of drug-likeness (QED) is 0.506. The molecule has 1 aliphatic carbocycles. The summed E-state index contributed by atoms with van der Waals surface area (Å²) in [5.74, 6) is 0.453. The maximum Gasteiger partial charge on any atom is 0.306 e. The molecule has 0 heterocycles. The van der Waals surface area contributed by atoms with Gasteiger partial charge in [-0.1, -0.05) is 45.3 Å². The van der Waals surface area contributed by atoms with Crippen molar-refractivity contribution in [2.75, 3.05) is 0 Å². The van der Waals surface area contributed by atoms with Crippen molar-refractivity contribution in [3.63, 3.8) is 0 Å². The Morgan fingerprint density at radius 2 is 2.12 bits per heavy atom. The smallest absolute Gasteiger partial charge is 0.306 e. The first-order valence-corrected chi connectivity index (χ1v) is 6.60. The van der Waals surface area contributed by atoms with E-state index in [1.807, 2.05) is 0 Å². The topological polar surface area (TPSA) is 26.3 Å². The van der Waals surface area contributed by atoms with Crippen LogP contribution in [0.4, 0.5) is 0 Å². The Morgan fingerprint density at radius 1 is 1.44 bits per heavy atom. The van der Waals surface area contributed by atoms with Gasteiger partial charge in [0.1, 0.15) is 6.10 Å². The highest BCUT2D eigenvalue weighted by Gasteiger charge is 2.24. The molecule has 0 aromatic rings. The van der Waals surface area contributed by atoms with Crippen molar-refractivity contribution in [1.82, 2.24) is 0 Å². The maximum absolute atomic E-state index is 11.5. The van der Waals surface area contributed by atoms with Crippen LogP contribution >= 0.6 is 0 Å². The molecule has 1 saturated carbocycles. The van der Waals surface area contributed by atoms with Crippen LogP contribution in [0, 0.1) is 5.92 Å². The van der Waals surface area contributed by atoms with E-state index in [2.05, 4.69) is 13.5 Å². The van der Waals surface area contributed by atoms with Gasteiger partial charge in [0.05, 0.1) is 0 Å². The summed E-state index contributed by atoms with van der Waals surface area (Å²) in [6, 6.07) is 0. The van der Waals surface area contributed by atoms with Gasteiger partial charge < -0.3 is 4.74 Å². The van der Waals surface area contributed by atoms with E-state index in [0.29, 0.717) is 12.3 Å². The Balaban J connectivity index is 2.35. The number of carbonyl (C=O) groups excluding carboxylic acids is 1. The molecule has 0 bridgehead atoms. The average Bonchev–Trinajstić information content (AvgIpc) is 2.34. The summed E-state index contributed by atoms with van der Waals surface area (Å²) in [7, 11) is 0. The molecule has 2 nitrogen and oxygen atoms in total. The fourth-order valence-electron chi connectivity index (χ4n) is 2.33. The zero-order chi connectivity index (χ0) is 11.8. The zero-order valence-corrected chi connectivity index (χ0v) is 10.4. The van der Waals surface area contributed by atoms with E-state index in [1.165, 1.54) is 32.1 Å². The molecule has 2 heteroatoms. The van der Waals surface area contributed by atoms with Crippen LogP contribution in [0.15, 0.2) is 12.7 Å². The first kappa shape index (κ1) is 13.3. The van der Waals surface area contributed by atoms with Crippen molar-refractivity contribution in [2.24, 2.45) is 5.92 Å². The van der Waals surface area contributed by atoms with Gasteiger partial charge in [0.15, 0.2) is 0 Å². The van der Waals surface area contributed by atoms with Crippen LogP contribution in [0.5, 0.6) is 0 Å². The minimum atomic E-state index is -0.0580. The van der Waals surface area contributed by atoms with Crippen LogP contribution < -0.4 is 0 Å². The van der Waals surface area contributed by atoms with Crippen molar-refractivity contribution >= 4 is 5.97 Å². The largest absolute Gasteiger partial charge is 0.458 e. The molecular weight excluding hydrogens is 200 g/mol. The fraction of sp³-hybridized carbons (Fsp3) is 0.786. The van der Waals surface area contributed by atoms with Crippen LogP contribution in [0.3, 0.4) is 0 Å². The zero-order valence-electron chi connectivity index (χ0n) is 10.4. The lowest BCUT2D eigenvalue weighted by Crippen LogP contribution is -2.26. The summed E-state index contributed by atoms with van der Waals surface area (Å²) in [5, 5.41) is 0. The third-order valence-corrected chi connectivity index (χ3v) is 3.35. The number of rotatable bonds is 6. The molecule has 1 aliphatic rings. The Labute approximate surface area is 99.1 Å². The molecule has 1 rings (SSSR count). The monoisotopic (exact) mass is 224 g/mol. The Bertz CT molecular complexity index is 217. The van der Waals surface area contributed by atoms with Crippen LogP contribution in [0.2, 0.25) is 0 Å². The normalized spacial score (nSPS) is 19.1. The highest BCUT2D eigenvalue weighted by molar-refractivity contribution is 5.69. The van der Waals surface area contributed by atoms with E-state index in [4.69, 9.17) is 4.74 Å². The summed E-state index contributed by atoms with van der Waals surface area (Å²) in [6.45, 7) is 5.88. The van der Waals surface area contributed by atoms with Crippen molar-refractivity contribution in [3.8, 4) is 0 Å². The second-order valence-electron chi connectivity index (χ2n) is 4.69. The van der Waals surface area contributed by atoms with E-state index < -0.39 is 0 Å². The first-order valence-electron chi connectivity index (χ1n) is 6.60. The summed E-state index contributed by atoms with van der Waals surface area (Å²) in [6.07, 6.45) is 10.5. The highest BCUT2D eigenvalue weighted by atomic mass is 16.5. The van der Waals surface area contributed by atoms with Gasteiger partial charge >= 0.3 is 5.97 Å². The number of unbranched alkanes of at least 4 members (excludes halogenated alkanes) is 1. The molecule has 0 aromatic heterocycles. The van der Waals surface area contributed by atoms with Gasteiger partial charge in [-0.25, -0.2) is 0 Å². The molecule has 0 spiro atoms. The standard InChI is InChI=1S/C14H24O2/c1-3-5-11-14(15)16-13(4-2)12-9-7-6-8-10-12/h4,12-13H,2-3,5-11H2,1H3/t13-/m1/s1. The second kappa shape index (κ2) is 7.48. The Hall–Kier alpha value is -0.790. The summed E-state index contributed by atoms with van der Waals surface area (Å²) in [5.41, 5.74) is 0. The second-order valence-corrected chi connectivity index (χ2v) is 4.69. The number of esters is 1. The minimum absolute atomic E-state index is 0.0512. The predicted molar refractivity (Wildman–Crippen MR) is 66.2 cm³/mol. The maximum atomic E-state index is 11.5. The number of hydrogen-bond donors (Lipinski definition) is 0. The lowest BCUT2D eigenvalue weighted by atomic mass is 9.85. The van der Waals surface area contributed by atoms with Gasteiger partial charge in [-0.05, 0) is 25.2 Å². The summed E-state index contributed by atoms with van der Waals surface area (Å²) >= 11 is 0. The Kier molecular flexibility index (Phi) is 6.20. The van der Waals surface area contributed by atoms with Gasteiger partial charge in [-0.15, -0.1) is 0 Å². The lowest BCUT2D eigenvalue weighted by molar-refractivity contribution is -0.149.